The van der Waals surface area contributed by atoms with E-state index in [4.69, 9.17) is 9.26 Å². The second-order valence-electron chi connectivity index (χ2n) is 6.65. The molecule has 2 aromatic rings. The van der Waals surface area contributed by atoms with Gasteiger partial charge in [0.25, 0.3) is 0 Å². The minimum atomic E-state index is -0.0821. The van der Waals surface area contributed by atoms with Gasteiger partial charge in [-0.15, -0.1) is 0 Å². The van der Waals surface area contributed by atoms with E-state index in [9.17, 15) is 4.79 Å². The van der Waals surface area contributed by atoms with Gasteiger partial charge in [-0.25, -0.2) is 0 Å². The Bertz CT molecular complexity index is 752. The van der Waals surface area contributed by atoms with Crippen molar-refractivity contribution >= 4 is 5.91 Å². The number of carbonyl (C=O) groups excluding carboxylic acids is 1. The summed E-state index contributed by atoms with van der Waals surface area (Å²) in [7, 11) is 0. The van der Waals surface area contributed by atoms with E-state index in [-0.39, 0.29) is 11.8 Å². The number of benzene rings is 1. The number of hydrogen-bond acceptors (Lipinski definition) is 6. The molecule has 1 atom stereocenters. The molecule has 1 saturated heterocycles. The monoisotopic (exact) mass is 342 g/mol. The minimum absolute atomic E-state index is 0.0821. The Morgan fingerprint density at radius 2 is 2.04 bits per heavy atom. The van der Waals surface area contributed by atoms with Crippen molar-refractivity contribution in [3.05, 3.63) is 41.5 Å². The van der Waals surface area contributed by atoms with Crippen LogP contribution in [0.3, 0.4) is 0 Å². The van der Waals surface area contributed by atoms with E-state index in [0.29, 0.717) is 24.9 Å². The molecule has 25 heavy (non-hydrogen) atoms. The largest absolute Gasteiger partial charge is 0.492 e. The Balaban J connectivity index is 1.31. The molecule has 4 rings (SSSR count). The third kappa shape index (κ3) is 3.51. The van der Waals surface area contributed by atoms with E-state index in [0.717, 1.165) is 43.9 Å². The molecule has 7 heteroatoms. The lowest BCUT2D eigenvalue weighted by molar-refractivity contribution is -0.138. The predicted octanol–water partition coefficient (Wildman–Crippen LogP) is 1.27. The van der Waals surface area contributed by atoms with Gasteiger partial charge in [0.05, 0.1) is 12.5 Å². The van der Waals surface area contributed by atoms with Gasteiger partial charge in [0.15, 0.2) is 5.82 Å². The number of hydrogen-bond donors (Lipinski definition) is 0. The van der Waals surface area contributed by atoms with Crippen molar-refractivity contribution in [1.29, 1.82) is 0 Å². The van der Waals surface area contributed by atoms with Crippen molar-refractivity contribution in [3.63, 3.8) is 0 Å². The highest BCUT2D eigenvalue weighted by Gasteiger charge is 2.31. The molecule has 0 saturated carbocycles. The van der Waals surface area contributed by atoms with E-state index >= 15 is 0 Å². The molecular formula is C18H22N4O3. The molecule has 1 aromatic heterocycles. The van der Waals surface area contributed by atoms with Crippen LogP contribution in [0.25, 0.3) is 0 Å². The summed E-state index contributed by atoms with van der Waals surface area (Å²) in [4.78, 5) is 21.3. The molecular weight excluding hydrogens is 320 g/mol. The maximum Gasteiger partial charge on any atom is 0.229 e. The fourth-order valence-electron chi connectivity index (χ4n) is 3.48. The Morgan fingerprint density at radius 3 is 2.80 bits per heavy atom. The van der Waals surface area contributed by atoms with Crippen LogP contribution >= 0.6 is 0 Å². The number of aryl methyl sites for hydroxylation is 1. The fraction of sp³-hybridized carbons (Fsp3) is 0.500. The number of piperazine rings is 1. The molecule has 0 bridgehead atoms. The average Bonchev–Trinajstić information content (AvgIpc) is 3.06. The van der Waals surface area contributed by atoms with Crippen LogP contribution in [0.4, 0.5) is 0 Å². The number of carbonyl (C=O) groups is 1. The van der Waals surface area contributed by atoms with Gasteiger partial charge in [-0.2, -0.15) is 4.98 Å². The Kier molecular flexibility index (Phi) is 4.40. The first-order chi connectivity index (χ1) is 12.2. The van der Waals surface area contributed by atoms with E-state index in [1.54, 1.807) is 6.92 Å². The first-order valence-corrected chi connectivity index (χ1v) is 8.70. The smallest absolute Gasteiger partial charge is 0.229 e. The van der Waals surface area contributed by atoms with Gasteiger partial charge in [-0.3, -0.25) is 9.69 Å². The summed E-state index contributed by atoms with van der Waals surface area (Å²) in [5, 5.41) is 3.93. The number of ether oxygens (including phenoxy) is 1. The number of para-hydroxylation sites is 1. The molecule has 1 fully saturated rings. The molecule has 1 amide bonds. The van der Waals surface area contributed by atoms with Crippen LogP contribution in [0, 0.1) is 12.8 Å². The zero-order valence-electron chi connectivity index (χ0n) is 14.4. The van der Waals surface area contributed by atoms with Crippen molar-refractivity contribution < 1.29 is 14.1 Å². The zero-order valence-corrected chi connectivity index (χ0v) is 14.4. The van der Waals surface area contributed by atoms with Gasteiger partial charge in [0.2, 0.25) is 11.8 Å². The Hall–Kier alpha value is -2.41. The highest BCUT2D eigenvalue weighted by atomic mass is 16.5. The molecule has 0 radical (unpaired) electrons. The number of fused-ring (bicyclic) bond motifs is 1. The van der Waals surface area contributed by atoms with Crippen LogP contribution in [0.1, 0.15) is 17.3 Å². The molecule has 2 aliphatic heterocycles. The molecule has 3 heterocycles. The van der Waals surface area contributed by atoms with Crippen molar-refractivity contribution in [2.24, 2.45) is 5.92 Å². The summed E-state index contributed by atoms with van der Waals surface area (Å²) < 4.78 is 10.8. The fourth-order valence-corrected chi connectivity index (χ4v) is 3.48. The second-order valence-corrected chi connectivity index (χ2v) is 6.65. The molecule has 0 spiro atoms. The number of nitrogens with zero attached hydrogens (tertiary/aromatic N) is 4. The molecule has 2 aliphatic rings. The van der Waals surface area contributed by atoms with Gasteiger partial charge in [0.1, 0.15) is 12.4 Å². The number of amides is 1. The summed E-state index contributed by atoms with van der Waals surface area (Å²) in [6.45, 7) is 6.03. The molecule has 0 aliphatic carbocycles. The highest BCUT2D eigenvalue weighted by Crippen LogP contribution is 2.28. The summed E-state index contributed by atoms with van der Waals surface area (Å²) in [5.41, 5.74) is 1.12. The minimum Gasteiger partial charge on any atom is -0.492 e. The van der Waals surface area contributed by atoms with Gasteiger partial charge in [-0.1, -0.05) is 23.4 Å². The predicted molar refractivity (Wildman–Crippen MR) is 90.0 cm³/mol. The van der Waals surface area contributed by atoms with Crippen molar-refractivity contribution in [2.75, 3.05) is 32.8 Å². The van der Waals surface area contributed by atoms with E-state index in [1.807, 2.05) is 29.2 Å². The van der Waals surface area contributed by atoms with E-state index < -0.39 is 0 Å². The quantitative estimate of drug-likeness (QED) is 0.837. The lowest BCUT2D eigenvalue weighted by atomic mass is 9.95. The third-order valence-electron chi connectivity index (χ3n) is 4.85. The van der Waals surface area contributed by atoms with Crippen LogP contribution < -0.4 is 4.74 Å². The summed E-state index contributed by atoms with van der Waals surface area (Å²) in [6.07, 6.45) is 0.761. The molecule has 1 unspecified atom stereocenters. The summed E-state index contributed by atoms with van der Waals surface area (Å²) >= 11 is 0. The number of aromatic nitrogens is 2. The zero-order chi connectivity index (χ0) is 17.2. The van der Waals surface area contributed by atoms with Gasteiger partial charge in [0, 0.05) is 33.1 Å². The second kappa shape index (κ2) is 6.84. The highest BCUT2D eigenvalue weighted by molar-refractivity contribution is 5.80. The van der Waals surface area contributed by atoms with Crippen LogP contribution in [-0.4, -0.2) is 58.6 Å². The van der Waals surface area contributed by atoms with Crippen LogP contribution in [0.5, 0.6) is 5.75 Å². The van der Waals surface area contributed by atoms with Crippen molar-refractivity contribution in [1.82, 2.24) is 19.9 Å². The summed E-state index contributed by atoms with van der Waals surface area (Å²) in [6, 6.07) is 7.97. The standard InChI is InChI=1S/C18H22N4O3/c1-13-19-17(20-25-13)11-21-6-8-22(9-7-21)18(23)15-10-14-4-2-3-5-16(14)24-12-15/h2-5,15H,6-12H2,1H3. The van der Waals surface area contributed by atoms with Crippen LogP contribution in [-0.2, 0) is 17.8 Å². The van der Waals surface area contributed by atoms with Crippen molar-refractivity contribution in [2.45, 2.75) is 19.9 Å². The van der Waals surface area contributed by atoms with Crippen LogP contribution in [0.2, 0.25) is 0 Å². The maximum absolute atomic E-state index is 12.8. The Morgan fingerprint density at radius 1 is 1.24 bits per heavy atom. The van der Waals surface area contributed by atoms with Crippen LogP contribution in [0.15, 0.2) is 28.8 Å². The number of rotatable bonds is 3. The summed E-state index contributed by atoms with van der Waals surface area (Å²) in [5.74, 6) is 2.31. The first-order valence-electron chi connectivity index (χ1n) is 8.70. The first kappa shape index (κ1) is 16.1. The lowest BCUT2D eigenvalue weighted by Gasteiger charge is -2.36. The topological polar surface area (TPSA) is 71.7 Å². The van der Waals surface area contributed by atoms with E-state index in [2.05, 4.69) is 15.0 Å². The third-order valence-corrected chi connectivity index (χ3v) is 4.85. The lowest BCUT2D eigenvalue weighted by Crippen LogP contribution is -2.51. The molecule has 1 aromatic carbocycles. The van der Waals surface area contributed by atoms with Gasteiger partial charge >= 0.3 is 0 Å². The van der Waals surface area contributed by atoms with Gasteiger partial charge in [-0.05, 0) is 18.1 Å². The maximum atomic E-state index is 12.8. The molecule has 132 valence electrons. The van der Waals surface area contributed by atoms with Gasteiger partial charge < -0.3 is 14.2 Å². The average molecular weight is 342 g/mol. The van der Waals surface area contributed by atoms with E-state index in [1.165, 1.54) is 0 Å². The SMILES string of the molecule is Cc1nc(CN2CCN(C(=O)C3COc4ccccc4C3)CC2)no1. The normalized spacial score (nSPS) is 20.8. The Labute approximate surface area is 146 Å². The van der Waals surface area contributed by atoms with Crippen molar-refractivity contribution in [3.8, 4) is 5.75 Å². The molecule has 7 nitrogen and oxygen atoms in total. The molecule has 0 N–H and O–H groups in total.